The smallest absolute Gasteiger partial charge is 0.328 e. The lowest BCUT2D eigenvalue weighted by molar-refractivity contribution is -0.145. The first-order chi connectivity index (χ1) is 10.5. The van der Waals surface area contributed by atoms with Gasteiger partial charge in [0.2, 0.25) is 0 Å². The van der Waals surface area contributed by atoms with Crippen molar-refractivity contribution in [1.29, 1.82) is 0 Å². The van der Waals surface area contributed by atoms with Crippen LogP contribution in [0.15, 0.2) is 24.3 Å². The van der Waals surface area contributed by atoms with Gasteiger partial charge in [-0.3, -0.25) is 9.59 Å². The summed E-state index contributed by atoms with van der Waals surface area (Å²) >= 11 is 0. The van der Waals surface area contributed by atoms with Gasteiger partial charge in [0.05, 0.1) is 7.11 Å². The Kier molecular flexibility index (Phi) is 5.25. The number of carbonyl (C=O) groups is 3. The van der Waals surface area contributed by atoms with Crippen molar-refractivity contribution in [2.75, 3.05) is 7.11 Å². The van der Waals surface area contributed by atoms with E-state index in [0.717, 1.165) is 6.07 Å². The van der Waals surface area contributed by atoms with Crippen molar-refractivity contribution in [3.8, 4) is 0 Å². The Hall–Kier alpha value is -2.24. The molecule has 2 rings (SSSR count). The molecule has 1 aromatic rings. The summed E-state index contributed by atoms with van der Waals surface area (Å²) < 4.78 is 17.9. The molecule has 22 heavy (non-hydrogen) atoms. The van der Waals surface area contributed by atoms with E-state index >= 15 is 0 Å². The zero-order valence-electron chi connectivity index (χ0n) is 12.3. The minimum atomic E-state index is -0.898. The second-order valence-corrected chi connectivity index (χ2v) is 5.38. The highest BCUT2D eigenvalue weighted by molar-refractivity contribution is 5.97. The summed E-state index contributed by atoms with van der Waals surface area (Å²) in [6, 6.07) is 4.30. The predicted molar refractivity (Wildman–Crippen MR) is 76.6 cm³/mol. The topological polar surface area (TPSA) is 72.5 Å². The maximum Gasteiger partial charge on any atom is 0.328 e. The van der Waals surface area contributed by atoms with Gasteiger partial charge in [0, 0.05) is 18.4 Å². The Labute approximate surface area is 127 Å². The molecule has 5 nitrogen and oxygen atoms in total. The average Bonchev–Trinajstić information content (AvgIpc) is 2.51. The van der Waals surface area contributed by atoms with Crippen molar-refractivity contribution >= 4 is 17.7 Å². The van der Waals surface area contributed by atoms with E-state index in [1.165, 1.54) is 25.3 Å². The molecule has 0 saturated heterocycles. The molecule has 2 atom stereocenters. The van der Waals surface area contributed by atoms with Crippen LogP contribution in [-0.2, 0) is 14.3 Å². The van der Waals surface area contributed by atoms with Gasteiger partial charge in [-0.1, -0.05) is 6.07 Å². The molecule has 118 valence electrons. The predicted octanol–water partition coefficient (Wildman–Crippen LogP) is 1.86. The highest BCUT2D eigenvalue weighted by atomic mass is 19.1. The van der Waals surface area contributed by atoms with Crippen molar-refractivity contribution in [3.05, 3.63) is 35.6 Å². The van der Waals surface area contributed by atoms with E-state index in [4.69, 9.17) is 4.74 Å². The molecule has 0 heterocycles. The van der Waals surface area contributed by atoms with E-state index in [1.807, 2.05) is 0 Å². The van der Waals surface area contributed by atoms with E-state index < -0.39 is 23.7 Å². The van der Waals surface area contributed by atoms with Crippen LogP contribution in [-0.4, -0.2) is 30.8 Å². The Bertz CT molecular complexity index is 587. The summed E-state index contributed by atoms with van der Waals surface area (Å²) in [5.41, 5.74) is 0.121. The maximum absolute atomic E-state index is 13.2. The largest absolute Gasteiger partial charge is 0.467 e. The molecule has 0 aliphatic heterocycles. The van der Waals surface area contributed by atoms with E-state index in [9.17, 15) is 18.8 Å². The van der Waals surface area contributed by atoms with E-state index in [-0.39, 0.29) is 23.7 Å². The summed E-state index contributed by atoms with van der Waals surface area (Å²) in [7, 11) is 1.23. The molecule has 0 unspecified atom stereocenters. The lowest BCUT2D eigenvalue weighted by Crippen LogP contribution is -2.48. The molecule has 1 amide bonds. The number of carbonyl (C=O) groups excluding carboxylic acids is 3. The number of ether oxygens (including phenoxy) is 1. The quantitative estimate of drug-likeness (QED) is 0.862. The number of rotatable bonds is 4. The lowest BCUT2D eigenvalue weighted by atomic mass is 9.83. The lowest BCUT2D eigenvalue weighted by Gasteiger charge is -2.28. The van der Waals surface area contributed by atoms with Gasteiger partial charge in [-0.15, -0.1) is 0 Å². The molecule has 1 fully saturated rings. The number of amides is 1. The third-order valence-corrected chi connectivity index (χ3v) is 3.82. The monoisotopic (exact) mass is 307 g/mol. The van der Waals surface area contributed by atoms with Crippen LogP contribution in [0.3, 0.4) is 0 Å². The standard InChI is InChI=1S/C16H18FNO4/c1-22-16(21)14(10-4-3-7-13(19)9-10)18-15(20)11-5-2-6-12(17)8-11/h2,5-6,8,10,14H,3-4,7,9H2,1H3,(H,18,20)/t10-,14-/m0/s1. The van der Waals surface area contributed by atoms with Gasteiger partial charge >= 0.3 is 5.97 Å². The first-order valence-corrected chi connectivity index (χ1v) is 7.17. The highest BCUT2D eigenvalue weighted by Crippen LogP contribution is 2.25. The molecule has 1 N–H and O–H groups in total. The van der Waals surface area contributed by atoms with Crippen molar-refractivity contribution in [2.24, 2.45) is 5.92 Å². The van der Waals surface area contributed by atoms with Gasteiger partial charge in [0.15, 0.2) is 0 Å². The minimum absolute atomic E-state index is 0.0742. The Morgan fingerprint density at radius 1 is 1.41 bits per heavy atom. The van der Waals surface area contributed by atoms with Gasteiger partial charge in [-0.05, 0) is 37.0 Å². The Balaban J connectivity index is 2.14. The maximum atomic E-state index is 13.2. The first-order valence-electron chi connectivity index (χ1n) is 7.17. The number of ketones is 1. The number of hydrogen-bond donors (Lipinski definition) is 1. The third kappa shape index (κ3) is 3.90. The van der Waals surface area contributed by atoms with Gasteiger partial charge in [-0.25, -0.2) is 9.18 Å². The van der Waals surface area contributed by atoms with E-state index in [0.29, 0.717) is 19.3 Å². The van der Waals surface area contributed by atoms with E-state index in [2.05, 4.69) is 5.32 Å². The first kappa shape index (κ1) is 16.1. The number of esters is 1. The number of benzene rings is 1. The second kappa shape index (κ2) is 7.15. The molecule has 1 aliphatic carbocycles. The van der Waals surface area contributed by atoms with Crippen LogP contribution in [0, 0.1) is 11.7 Å². The molecule has 0 aromatic heterocycles. The number of hydrogen-bond acceptors (Lipinski definition) is 4. The normalized spacial score (nSPS) is 19.4. The summed E-state index contributed by atoms with van der Waals surface area (Å²) in [6.45, 7) is 0. The van der Waals surface area contributed by atoms with Crippen LogP contribution in [0.2, 0.25) is 0 Å². The Morgan fingerprint density at radius 3 is 2.82 bits per heavy atom. The molecule has 1 saturated carbocycles. The van der Waals surface area contributed by atoms with Gasteiger partial charge in [0.1, 0.15) is 17.6 Å². The molecule has 1 aromatic carbocycles. The van der Waals surface area contributed by atoms with E-state index in [1.54, 1.807) is 0 Å². The van der Waals surface area contributed by atoms with Crippen LogP contribution in [0.1, 0.15) is 36.0 Å². The Morgan fingerprint density at radius 2 is 2.18 bits per heavy atom. The summed E-state index contributed by atoms with van der Waals surface area (Å²) in [5.74, 6) is -1.90. The van der Waals surface area contributed by atoms with Crippen molar-refractivity contribution in [1.82, 2.24) is 5.32 Å². The van der Waals surface area contributed by atoms with Gasteiger partial charge in [0.25, 0.3) is 5.91 Å². The number of halogens is 1. The van der Waals surface area contributed by atoms with Crippen LogP contribution in [0.5, 0.6) is 0 Å². The van der Waals surface area contributed by atoms with Crippen LogP contribution < -0.4 is 5.32 Å². The second-order valence-electron chi connectivity index (χ2n) is 5.38. The SMILES string of the molecule is COC(=O)[C@@H](NC(=O)c1cccc(F)c1)[C@H]1CCCC(=O)C1. The fourth-order valence-corrected chi connectivity index (χ4v) is 2.69. The fourth-order valence-electron chi connectivity index (χ4n) is 2.69. The summed E-state index contributed by atoms with van der Waals surface area (Å²) in [6.07, 6.45) is 2.09. The zero-order chi connectivity index (χ0) is 16.1. The van der Waals surface area contributed by atoms with Crippen LogP contribution in [0.4, 0.5) is 4.39 Å². The summed E-state index contributed by atoms with van der Waals surface area (Å²) in [5, 5.41) is 2.57. The molecule has 0 bridgehead atoms. The van der Waals surface area contributed by atoms with Crippen molar-refractivity contribution < 1.29 is 23.5 Å². The zero-order valence-corrected chi connectivity index (χ0v) is 12.3. The van der Waals surface area contributed by atoms with Crippen LogP contribution in [0.25, 0.3) is 0 Å². The molecular formula is C16H18FNO4. The molecule has 6 heteroatoms. The molecule has 0 radical (unpaired) electrons. The highest BCUT2D eigenvalue weighted by Gasteiger charge is 2.34. The van der Waals surface area contributed by atoms with Gasteiger partial charge in [-0.2, -0.15) is 0 Å². The third-order valence-electron chi connectivity index (χ3n) is 3.82. The molecular weight excluding hydrogens is 289 g/mol. The summed E-state index contributed by atoms with van der Waals surface area (Å²) in [4.78, 5) is 35.7. The number of methoxy groups -OCH3 is 1. The fraction of sp³-hybridized carbons (Fsp3) is 0.438. The number of Topliss-reactive ketones (excluding diaryl/α,β-unsaturated/α-hetero) is 1. The minimum Gasteiger partial charge on any atom is -0.467 e. The number of nitrogens with one attached hydrogen (secondary N) is 1. The van der Waals surface area contributed by atoms with Crippen LogP contribution >= 0.6 is 0 Å². The van der Waals surface area contributed by atoms with Crippen molar-refractivity contribution in [2.45, 2.75) is 31.7 Å². The van der Waals surface area contributed by atoms with Crippen molar-refractivity contribution in [3.63, 3.8) is 0 Å². The molecule has 0 spiro atoms. The van der Waals surface area contributed by atoms with Gasteiger partial charge < -0.3 is 10.1 Å². The molecule has 1 aliphatic rings. The average molecular weight is 307 g/mol.